The van der Waals surface area contributed by atoms with E-state index in [0.717, 1.165) is 5.56 Å². The summed E-state index contributed by atoms with van der Waals surface area (Å²) in [7, 11) is 0. The van der Waals surface area contributed by atoms with Crippen LogP contribution >= 0.6 is 0 Å². The van der Waals surface area contributed by atoms with Gasteiger partial charge in [0.25, 0.3) is 0 Å². The maximum Gasteiger partial charge on any atom is 0.326 e. The summed E-state index contributed by atoms with van der Waals surface area (Å²) in [6, 6.07) is 6.89. The summed E-state index contributed by atoms with van der Waals surface area (Å²) in [5.74, 6) is -2.11. The van der Waals surface area contributed by atoms with Crippen molar-refractivity contribution in [1.82, 2.24) is 10.6 Å². The predicted octanol–water partition coefficient (Wildman–Crippen LogP) is 0.375. The van der Waals surface area contributed by atoms with Crippen LogP contribution in [0.2, 0.25) is 0 Å². The van der Waals surface area contributed by atoms with Gasteiger partial charge in [-0.15, -0.1) is 0 Å². The van der Waals surface area contributed by atoms with E-state index in [1.54, 1.807) is 6.92 Å². The summed E-state index contributed by atoms with van der Waals surface area (Å²) < 4.78 is 0. The first kappa shape index (κ1) is 15.5. The van der Waals surface area contributed by atoms with Crippen LogP contribution in [0.1, 0.15) is 24.9 Å². The summed E-state index contributed by atoms with van der Waals surface area (Å²) in [5, 5.41) is 13.7. The topological polar surface area (TPSA) is 122 Å². The highest BCUT2D eigenvalue weighted by Gasteiger charge is 2.22. The summed E-state index contributed by atoms with van der Waals surface area (Å²) in [5.41, 5.74) is 5.80. The quantitative estimate of drug-likeness (QED) is 0.601. The molecule has 0 fully saturated rings. The van der Waals surface area contributed by atoms with Gasteiger partial charge < -0.3 is 21.5 Å². The standard InChI is InChI=1S/C13H17N3O4/c1-8(9-5-3-2-4-6-9)15-13(20)16-10(12(18)19)7-11(14)17/h2-6,8,10H,7H2,1H3,(H2,14,17)(H,18,19)(H2,15,16,20)/t8?,10-/m1/s1. The zero-order chi connectivity index (χ0) is 15.1. The first-order chi connectivity index (χ1) is 9.40. The van der Waals surface area contributed by atoms with Crippen molar-refractivity contribution < 1.29 is 19.5 Å². The third kappa shape index (κ3) is 4.97. The highest BCUT2D eigenvalue weighted by molar-refractivity contribution is 5.87. The molecule has 20 heavy (non-hydrogen) atoms. The van der Waals surface area contributed by atoms with Crippen molar-refractivity contribution in [1.29, 1.82) is 0 Å². The molecule has 1 aromatic rings. The van der Waals surface area contributed by atoms with Crippen LogP contribution in [0.3, 0.4) is 0 Å². The molecule has 0 aliphatic carbocycles. The second kappa shape index (κ2) is 7.13. The summed E-state index contributed by atoms with van der Waals surface area (Å²) in [4.78, 5) is 33.3. The van der Waals surface area contributed by atoms with E-state index in [1.165, 1.54) is 0 Å². The predicted molar refractivity (Wildman–Crippen MR) is 71.8 cm³/mol. The number of nitrogens with one attached hydrogen (secondary N) is 2. The molecule has 0 aromatic heterocycles. The molecule has 3 amide bonds. The second-order valence-electron chi connectivity index (χ2n) is 4.31. The lowest BCUT2D eigenvalue weighted by atomic mass is 10.1. The molecule has 0 radical (unpaired) electrons. The Morgan fingerprint density at radius 1 is 1.20 bits per heavy atom. The number of carbonyl (C=O) groups is 3. The smallest absolute Gasteiger partial charge is 0.326 e. The maximum atomic E-state index is 11.7. The highest BCUT2D eigenvalue weighted by atomic mass is 16.4. The molecule has 0 heterocycles. The number of carboxylic acids is 1. The Balaban J connectivity index is 2.57. The monoisotopic (exact) mass is 279 g/mol. The van der Waals surface area contributed by atoms with E-state index in [0.29, 0.717) is 0 Å². The minimum absolute atomic E-state index is 0.292. The Morgan fingerprint density at radius 2 is 1.80 bits per heavy atom. The Morgan fingerprint density at radius 3 is 2.30 bits per heavy atom. The fourth-order valence-corrected chi connectivity index (χ4v) is 1.62. The van der Waals surface area contributed by atoms with Crippen molar-refractivity contribution in [2.75, 3.05) is 0 Å². The zero-order valence-corrected chi connectivity index (χ0v) is 11.0. The third-order valence-corrected chi connectivity index (χ3v) is 2.66. The number of urea groups is 1. The van der Waals surface area contributed by atoms with Gasteiger partial charge in [0.15, 0.2) is 0 Å². The van der Waals surface area contributed by atoms with Crippen molar-refractivity contribution in [3.8, 4) is 0 Å². The Hall–Kier alpha value is -2.57. The van der Waals surface area contributed by atoms with Gasteiger partial charge in [0.05, 0.1) is 12.5 Å². The Kier molecular flexibility index (Phi) is 5.52. The fraction of sp³-hybridized carbons (Fsp3) is 0.308. The largest absolute Gasteiger partial charge is 0.480 e. The van der Waals surface area contributed by atoms with E-state index in [-0.39, 0.29) is 6.04 Å². The number of hydrogen-bond acceptors (Lipinski definition) is 3. The van der Waals surface area contributed by atoms with E-state index in [4.69, 9.17) is 10.8 Å². The lowest BCUT2D eigenvalue weighted by Crippen LogP contribution is -2.48. The van der Waals surface area contributed by atoms with Crippen LogP contribution in [0.4, 0.5) is 4.79 Å². The fourth-order valence-electron chi connectivity index (χ4n) is 1.62. The first-order valence-electron chi connectivity index (χ1n) is 6.03. The van der Waals surface area contributed by atoms with Crippen LogP contribution in [0.5, 0.6) is 0 Å². The molecular weight excluding hydrogens is 262 g/mol. The van der Waals surface area contributed by atoms with Crippen LogP contribution in [-0.4, -0.2) is 29.1 Å². The summed E-state index contributed by atoms with van der Waals surface area (Å²) in [6.45, 7) is 1.76. The number of benzene rings is 1. The van der Waals surface area contributed by atoms with Gasteiger partial charge in [-0.1, -0.05) is 30.3 Å². The van der Waals surface area contributed by atoms with Gasteiger partial charge in [-0.3, -0.25) is 4.79 Å². The van der Waals surface area contributed by atoms with Crippen LogP contribution < -0.4 is 16.4 Å². The number of amides is 3. The van der Waals surface area contributed by atoms with E-state index < -0.39 is 30.4 Å². The number of carbonyl (C=O) groups excluding carboxylic acids is 2. The van der Waals surface area contributed by atoms with Crippen molar-refractivity contribution in [2.45, 2.75) is 25.4 Å². The number of carboxylic acid groups (broad SMARTS) is 1. The van der Waals surface area contributed by atoms with Crippen molar-refractivity contribution in [3.63, 3.8) is 0 Å². The van der Waals surface area contributed by atoms with Crippen LogP contribution in [0, 0.1) is 0 Å². The molecule has 5 N–H and O–H groups in total. The molecule has 7 nitrogen and oxygen atoms in total. The Bertz CT molecular complexity index is 490. The maximum absolute atomic E-state index is 11.7. The molecule has 0 bridgehead atoms. The number of primary amides is 1. The van der Waals surface area contributed by atoms with E-state index in [1.807, 2.05) is 30.3 Å². The molecule has 0 saturated heterocycles. The van der Waals surface area contributed by atoms with Gasteiger partial charge in [-0.25, -0.2) is 9.59 Å². The average Bonchev–Trinajstić information content (AvgIpc) is 2.38. The lowest BCUT2D eigenvalue weighted by molar-refractivity contribution is -0.140. The zero-order valence-electron chi connectivity index (χ0n) is 11.0. The van der Waals surface area contributed by atoms with Crippen molar-refractivity contribution in [3.05, 3.63) is 35.9 Å². The van der Waals surface area contributed by atoms with Crippen LogP contribution in [0.15, 0.2) is 30.3 Å². The normalized spacial score (nSPS) is 13.1. The van der Waals surface area contributed by atoms with Gasteiger partial charge in [-0.05, 0) is 12.5 Å². The van der Waals surface area contributed by atoms with E-state index in [9.17, 15) is 14.4 Å². The number of nitrogens with two attached hydrogens (primary N) is 1. The molecule has 1 unspecified atom stereocenters. The Labute approximate surface area is 116 Å². The minimum Gasteiger partial charge on any atom is -0.480 e. The molecule has 1 aromatic carbocycles. The van der Waals surface area contributed by atoms with Gasteiger partial charge >= 0.3 is 12.0 Å². The molecule has 7 heteroatoms. The first-order valence-corrected chi connectivity index (χ1v) is 6.03. The average molecular weight is 279 g/mol. The summed E-state index contributed by atoms with van der Waals surface area (Å²) in [6.07, 6.45) is -0.456. The number of rotatable bonds is 6. The van der Waals surface area contributed by atoms with E-state index in [2.05, 4.69) is 10.6 Å². The van der Waals surface area contributed by atoms with Crippen molar-refractivity contribution in [2.24, 2.45) is 5.73 Å². The van der Waals surface area contributed by atoms with E-state index >= 15 is 0 Å². The molecule has 1 rings (SSSR count). The van der Waals surface area contributed by atoms with Crippen molar-refractivity contribution >= 4 is 17.9 Å². The molecule has 0 saturated carbocycles. The van der Waals surface area contributed by atoms with Gasteiger partial charge in [-0.2, -0.15) is 0 Å². The van der Waals surface area contributed by atoms with Crippen LogP contribution in [-0.2, 0) is 9.59 Å². The molecule has 0 aliphatic heterocycles. The number of aliphatic carboxylic acids is 1. The minimum atomic E-state index is -1.34. The highest BCUT2D eigenvalue weighted by Crippen LogP contribution is 2.10. The molecule has 0 aliphatic rings. The molecule has 108 valence electrons. The third-order valence-electron chi connectivity index (χ3n) is 2.66. The molecule has 2 atom stereocenters. The van der Waals surface area contributed by atoms with Gasteiger partial charge in [0.1, 0.15) is 6.04 Å². The van der Waals surface area contributed by atoms with Crippen LogP contribution in [0.25, 0.3) is 0 Å². The van der Waals surface area contributed by atoms with Gasteiger partial charge in [0.2, 0.25) is 5.91 Å². The van der Waals surface area contributed by atoms with Gasteiger partial charge in [0, 0.05) is 0 Å². The molecule has 0 spiro atoms. The summed E-state index contributed by atoms with van der Waals surface area (Å²) >= 11 is 0. The number of hydrogen-bond donors (Lipinski definition) is 4. The SMILES string of the molecule is CC(NC(=O)N[C@H](CC(N)=O)C(=O)O)c1ccccc1. The lowest BCUT2D eigenvalue weighted by Gasteiger charge is -2.17. The second-order valence-corrected chi connectivity index (χ2v) is 4.31. The molecular formula is C13H17N3O4.